The number of nitrogens with one attached hydrogen (secondary N) is 1. The molecule has 0 saturated carbocycles. The number of alkyl halides is 1. The van der Waals surface area contributed by atoms with Crippen LogP contribution in [0.15, 0.2) is 18.2 Å². The minimum Gasteiger partial charge on any atom is -0.454 e. The summed E-state index contributed by atoms with van der Waals surface area (Å²) < 4.78 is 10.5. The molecule has 0 bridgehead atoms. The maximum atomic E-state index is 12.2. The highest BCUT2D eigenvalue weighted by Crippen LogP contribution is 2.32. The van der Waals surface area contributed by atoms with Crippen LogP contribution in [0.2, 0.25) is 0 Å². The number of carbonyl (C=O) groups is 1. The van der Waals surface area contributed by atoms with E-state index in [4.69, 9.17) is 21.1 Å². The van der Waals surface area contributed by atoms with Crippen molar-refractivity contribution in [3.8, 4) is 11.5 Å². The number of rotatable bonds is 6. The summed E-state index contributed by atoms with van der Waals surface area (Å²) in [7, 11) is 0. The Hall–Kier alpha value is -1.42. The lowest BCUT2D eigenvalue weighted by molar-refractivity contribution is 0.0931. The Bertz CT molecular complexity index is 478. The fraction of sp³-hybridized carbons (Fsp3) is 0.533. The van der Waals surface area contributed by atoms with Crippen molar-refractivity contribution in [2.24, 2.45) is 5.41 Å². The fourth-order valence-corrected chi connectivity index (χ4v) is 2.62. The monoisotopic (exact) mass is 297 g/mol. The van der Waals surface area contributed by atoms with Crippen LogP contribution in [0.1, 0.15) is 37.0 Å². The molecule has 4 nitrogen and oxygen atoms in total. The molecule has 1 aromatic rings. The van der Waals surface area contributed by atoms with Gasteiger partial charge in [-0.2, -0.15) is 0 Å². The highest BCUT2D eigenvalue weighted by Gasteiger charge is 2.26. The maximum absolute atomic E-state index is 12.2. The van der Waals surface area contributed by atoms with Gasteiger partial charge in [-0.1, -0.05) is 13.8 Å². The molecule has 0 aromatic heterocycles. The van der Waals surface area contributed by atoms with Crippen molar-refractivity contribution in [1.29, 1.82) is 0 Å². The van der Waals surface area contributed by atoms with Crippen molar-refractivity contribution < 1.29 is 14.3 Å². The minimum absolute atomic E-state index is 0.0342. The Kier molecular flexibility index (Phi) is 4.76. The number of hydrogen-bond donors (Lipinski definition) is 1. The first kappa shape index (κ1) is 15.0. The number of amides is 1. The minimum atomic E-state index is -0.111. The Labute approximate surface area is 124 Å². The van der Waals surface area contributed by atoms with Crippen LogP contribution in [0, 0.1) is 5.41 Å². The highest BCUT2D eigenvalue weighted by atomic mass is 35.5. The van der Waals surface area contributed by atoms with Crippen LogP contribution in [0.4, 0.5) is 0 Å². The van der Waals surface area contributed by atoms with E-state index in [0.29, 0.717) is 29.5 Å². The van der Waals surface area contributed by atoms with Gasteiger partial charge in [0.1, 0.15) is 0 Å². The van der Waals surface area contributed by atoms with Crippen LogP contribution in [0.3, 0.4) is 0 Å². The van der Waals surface area contributed by atoms with Gasteiger partial charge in [0.2, 0.25) is 6.79 Å². The predicted molar refractivity (Wildman–Crippen MR) is 78.6 cm³/mol. The lowest BCUT2D eigenvalue weighted by atomic mass is 9.84. The third-order valence-corrected chi connectivity index (χ3v) is 4.61. The largest absolute Gasteiger partial charge is 0.454 e. The molecule has 5 heteroatoms. The van der Waals surface area contributed by atoms with E-state index < -0.39 is 0 Å². The smallest absolute Gasteiger partial charge is 0.251 e. The summed E-state index contributed by atoms with van der Waals surface area (Å²) in [5.41, 5.74) is 0.540. The van der Waals surface area contributed by atoms with Crippen LogP contribution >= 0.6 is 11.6 Å². The van der Waals surface area contributed by atoms with Crippen LogP contribution in [-0.2, 0) is 0 Å². The molecule has 0 spiro atoms. The molecular weight excluding hydrogens is 278 g/mol. The normalized spacial score (nSPS) is 13.3. The summed E-state index contributed by atoms with van der Waals surface area (Å²) in [5, 5.41) is 2.96. The van der Waals surface area contributed by atoms with Gasteiger partial charge in [-0.25, -0.2) is 0 Å². The molecule has 1 aliphatic heterocycles. The fourth-order valence-electron chi connectivity index (χ4n) is 2.14. The molecule has 0 aliphatic carbocycles. The molecule has 0 radical (unpaired) electrons. The van der Waals surface area contributed by atoms with Gasteiger partial charge < -0.3 is 14.8 Å². The van der Waals surface area contributed by atoms with Gasteiger partial charge in [0.25, 0.3) is 5.91 Å². The molecule has 1 N–H and O–H groups in total. The Morgan fingerprint density at radius 1 is 1.30 bits per heavy atom. The third kappa shape index (κ3) is 3.01. The second kappa shape index (κ2) is 6.35. The first-order valence-electron chi connectivity index (χ1n) is 6.88. The highest BCUT2D eigenvalue weighted by molar-refractivity contribution is 6.18. The third-order valence-electron chi connectivity index (χ3n) is 4.04. The van der Waals surface area contributed by atoms with Gasteiger partial charge in [-0.3, -0.25) is 4.79 Å². The van der Waals surface area contributed by atoms with E-state index >= 15 is 0 Å². The van der Waals surface area contributed by atoms with Crippen molar-refractivity contribution in [2.45, 2.75) is 26.7 Å². The number of carbonyl (C=O) groups excluding carboxylic acids is 1. The lowest BCUT2D eigenvalue weighted by Crippen LogP contribution is -2.38. The molecule has 0 atom stereocenters. The summed E-state index contributed by atoms with van der Waals surface area (Å²) in [6.45, 7) is 4.98. The van der Waals surface area contributed by atoms with Gasteiger partial charge in [0.15, 0.2) is 11.5 Å². The molecule has 2 rings (SSSR count). The van der Waals surface area contributed by atoms with Crippen molar-refractivity contribution in [2.75, 3.05) is 19.2 Å². The van der Waals surface area contributed by atoms with Gasteiger partial charge in [0.05, 0.1) is 0 Å². The maximum Gasteiger partial charge on any atom is 0.251 e. The summed E-state index contributed by atoms with van der Waals surface area (Å²) in [4.78, 5) is 12.2. The average Bonchev–Trinajstić information content (AvgIpc) is 2.96. The molecular formula is C15H20ClNO3. The zero-order chi connectivity index (χ0) is 14.6. The molecule has 0 unspecified atom stereocenters. The number of fused-ring (bicyclic) bond motifs is 1. The van der Waals surface area contributed by atoms with Crippen molar-refractivity contribution >= 4 is 17.5 Å². The van der Waals surface area contributed by atoms with Crippen LogP contribution in [0.25, 0.3) is 0 Å². The quantitative estimate of drug-likeness (QED) is 0.820. The predicted octanol–water partition coefficient (Wildman–Crippen LogP) is 3.19. The molecule has 1 aliphatic rings. The van der Waals surface area contributed by atoms with Gasteiger partial charge in [-0.05, 0) is 31.0 Å². The Morgan fingerprint density at radius 2 is 2.00 bits per heavy atom. The zero-order valence-electron chi connectivity index (χ0n) is 11.9. The lowest BCUT2D eigenvalue weighted by Gasteiger charge is -2.29. The number of halogens is 1. The molecule has 20 heavy (non-hydrogen) atoms. The Morgan fingerprint density at radius 3 is 2.65 bits per heavy atom. The number of hydrogen-bond acceptors (Lipinski definition) is 3. The summed E-state index contributed by atoms with van der Waals surface area (Å²) >= 11 is 6.04. The van der Waals surface area contributed by atoms with Crippen LogP contribution in [-0.4, -0.2) is 25.1 Å². The van der Waals surface area contributed by atoms with Crippen molar-refractivity contribution in [1.82, 2.24) is 5.32 Å². The van der Waals surface area contributed by atoms with Crippen LogP contribution < -0.4 is 14.8 Å². The second-order valence-electron chi connectivity index (χ2n) is 5.09. The van der Waals surface area contributed by atoms with E-state index in [-0.39, 0.29) is 18.1 Å². The van der Waals surface area contributed by atoms with Gasteiger partial charge in [-0.15, -0.1) is 11.6 Å². The molecule has 0 fully saturated rings. The van der Waals surface area contributed by atoms with Gasteiger partial charge in [0, 0.05) is 23.4 Å². The van der Waals surface area contributed by atoms with Crippen molar-refractivity contribution in [3.63, 3.8) is 0 Å². The molecule has 1 aromatic carbocycles. The number of ether oxygens (including phenoxy) is 2. The SMILES string of the molecule is CCC(CC)(CCl)CNC(=O)c1ccc2c(c1)OCO2. The van der Waals surface area contributed by atoms with E-state index in [1.807, 2.05) is 0 Å². The Balaban J connectivity index is 2.02. The summed E-state index contributed by atoms with van der Waals surface area (Å²) in [6.07, 6.45) is 1.88. The average molecular weight is 298 g/mol. The molecule has 0 saturated heterocycles. The first-order chi connectivity index (χ1) is 9.64. The van der Waals surface area contributed by atoms with Crippen molar-refractivity contribution in [3.05, 3.63) is 23.8 Å². The number of benzene rings is 1. The van der Waals surface area contributed by atoms with E-state index in [0.717, 1.165) is 12.8 Å². The molecule has 1 heterocycles. The topological polar surface area (TPSA) is 47.6 Å². The second-order valence-corrected chi connectivity index (χ2v) is 5.36. The van der Waals surface area contributed by atoms with Crippen LogP contribution in [0.5, 0.6) is 11.5 Å². The molecule has 1 amide bonds. The zero-order valence-corrected chi connectivity index (χ0v) is 12.6. The standard InChI is InChI=1S/C15H20ClNO3/c1-3-15(4-2,8-16)9-17-14(18)11-5-6-12-13(7-11)20-10-19-12/h5-7H,3-4,8-10H2,1-2H3,(H,17,18). The van der Waals surface area contributed by atoms with E-state index in [1.54, 1.807) is 18.2 Å². The van der Waals surface area contributed by atoms with E-state index in [2.05, 4.69) is 19.2 Å². The van der Waals surface area contributed by atoms with Gasteiger partial charge >= 0.3 is 0 Å². The van der Waals surface area contributed by atoms with E-state index in [9.17, 15) is 4.79 Å². The summed E-state index contributed by atoms with van der Waals surface area (Å²) in [5.74, 6) is 1.73. The molecule has 110 valence electrons. The summed E-state index contributed by atoms with van der Waals surface area (Å²) in [6, 6.07) is 5.20. The first-order valence-corrected chi connectivity index (χ1v) is 7.41. The van der Waals surface area contributed by atoms with E-state index in [1.165, 1.54) is 0 Å².